The first kappa shape index (κ1) is 41.6. The van der Waals surface area contributed by atoms with Crippen molar-refractivity contribution in [3.8, 4) is 0 Å². The molecule has 3 aliphatic heterocycles. The van der Waals surface area contributed by atoms with E-state index in [2.05, 4.69) is 0 Å². The first-order valence-corrected chi connectivity index (χ1v) is 15.6. The highest BCUT2D eigenvalue weighted by atomic mass is 16.8. The van der Waals surface area contributed by atoms with Gasteiger partial charge in [-0.15, -0.1) is 0 Å². The molecule has 0 amide bonds. The molecule has 3 rings (SSSR count). The molecule has 0 spiro atoms. The molecule has 3 aliphatic rings. The van der Waals surface area contributed by atoms with Gasteiger partial charge >= 0.3 is 0 Å². The molecular weight excluding hydrogens is 656 g/mol. The number of aliphatic hydroxyl groups is 14. The van der Waals surface area contributed by atoms with E-state index in [0.29, 0.717) is 0 Å². The highest BCUT2D eigenvalue weighted by Gasteiger charge is 2.54. The normalized spacial score (nSPS) is 43.8. The fourth-order valence-corrected chi connectivity index (χ4v) is 5.77. The van der Waals surface area contributed by atoms with Crippen molar-refractivity contribution in [2.45, 2.75) is 144 Å². The van der Waals surface area contributed by atoms with Crippen LogP contribution < -0.4 is 0 Å². The third-order valence-electron chi connectivity index (χ3n) is 8.48. The predicted molar refractivity (Wildman–Crippen MR) is 153 cm³/mol. The van der Waals surface area contributed by atoms with Crippen molar-refractivity contribution in [3.63, 3.8) is 0 Å². The van der Waals surface area contributed by atoms with Gasteiger partial charge in [-0.2, -0.15) is 0 Å². The number of aliphatic hydroxyl groups excluding tert-OH is 14. The zero-order valence-electron chi connectivity index (χ0n) is 26.7. The van der Waals surface area contributed by atoms with E-state index in [9.17, 15) is 71.5 Å². The summed E-state index contributed by atoms with van der Waals surface area (Å²) < 4.78 is 33.1. The van der Waals surface area contributed by atoms with Crippen LogP contribution in [0.2, 0.25) is 0 Å². The molecule has 0 aromatic heterocycles. The minimum atomic E-state index is -2.05. The second kappa shape index (κ2) is 17.6. The second-order valence-corrected chi connectivity index (χ2v) is 13.5. The molecule has 0 aliphatic carbocycles. The Morgan fingerprint density at radius 2 is 0.958 bits per heavy atom. The molecule has 0 bridgehead atoms. The Labute approximate surface area is 275 Å². The van der Waals surface area contributed by atoms with Crippen molar-refractivity contribution >= 4 is 0 Å². The second-order valence-electron chi connectivity index (χ2n) is 13.5. The summed E-state index contributed by atoms with van der Waals surface area (Å²) in [5, 5.41) is 145. The molecule has 3 heterocycles. The molecule has 0 radical (unpaired) electrons. The molecule has 0 aromatic rings. The van der Waals surface area contributed by atoms with E-state index in [1.54, 1.807) is 20.8 Å². The summed E-state index contributed by atoms with van der Waals surface area (Å²) in [6, 6.07) is 0. The van der Waals surface area contributed by atoms with Crippen LogP contribution in [0.5, 0.6) is 0 Å². The van der Waals surface area contributed by atoms with Crippen molar-refractivity contribution in [1.82, 2.24) is 0 Å². The Bertz CT molecular complexity index is 955. The Morgan fingerprint density at radius 1 is 0.542 bits per heavy atom. The van der Waals surface area contributed by atoms with Gasteiger partial charge in [-0.1, -0.05) is 20.8 Å². The SMILES string of the molecule is CC(C)(C)C[C@H](O)[C@@H](O[C@@H]1O[C@H](CO)[C@@H](O)[C@H](O[C@@H]2O[C@H](CO)[C@@H](O)[C@H](O[C@@H]3O[C@H](CO)[C@@H](O)[C@H](O)[C@H]3O)[C@H]2O)[C@H]1O)[C@H](O)[C@H](O)CO. The summed E-state index contributed by atoms with van der Waals surface area (Å²) in [6.45, 7) is 1.75. The van der Waals surface area contributed by atoms with Gasteiger partial charge in [0.25, 0.3) is 0 Å². The van der Waals surface area contributed by atoms with Gasteiger partial charge in [-0.05, 0) is 11.8 Å². The van der Waals surface area contributed by atoms with Gasteiger partial charge in [0, 0.05) is 0 Å². The van der Waals surface area contributed by atoms with Crippen LogP contribution >= 0.6 is 0 Å². The topological polar surface area (TPSA) is 339 Å². The van der Waals surface area contributed by atoms with Gasteiger partial charge in [0.1, 0.15) is 91.6 Å². The number of rotatable bonds is 14. The molecule has 20 heteroatoms. The molecule has 0 aromatic carbocycles. The molecular formula is C28H52O20. The van der Waals surface area contributed by atoms with E-state index in [1.165, 1.54) is 0 Å². The van der Waals surface area contributed by atoms with Gasteiger partial charge in [0.05, 0.1) is 32.5 Å². The maximum atomic E-state index is 11.2. The Morgan fingerprint density at radius 3 is 1.40 bits per heavy atom. The van der Waals surface area contributed by atoms with E-state index < -0.39 is 148 Å². The third kappa shape index (κ3) is 9.54. The fraction of sp³-hybridized carbons (Fsp3) is 1.00. The molecule has 19 atom stereocenters. The summed E-state index contributed by atoms with van der Waals surface area (Å²) in [4.78, 5) is 0. The lowest BCUT2D eigenvalue weighted by Crippen LogP contribution is -2.67. The van der Waals surface area contributed by atoms with E-state index in [4.69, 9.17) is 28.4 Å². The average molecular weight is 709 g/mol. The first-order valence-electron chi connectivity index (χ1n) is 15.6. The van der Waals surface area contributed by atoms with Crippen LogP contribution in [-0.2, 0) is 28.4 Å². The average Bonchev–Trinajstić information content (AvgIpc) is 3.03. The zero-order valence-corrected chi connectivity index (χ0v) is 26.7. The standard InChI is InChI=1S/C28H52O20/c1-28(2,3)4-9(33)22(14(35)10(34)5-29)46-26-20(41)24(17(38)12(7-31)44-26)48-27-21(42)23(16(37)13(8-32)45-27)47-25-19(40)18(39)15(36)11(6-30)43-25/h9-27,29-42H,4-8H2,1-3H3/t9-,10+,11+,12+,13+,14+,15+,16+,17+,18-,19+,20+,21+,22+,23-,24-,25-,26-,27-/m0/s1. The minimum Gasteiger partial charge on any atom is -0.394 e. The lowest BCUT2D eigenvalue weighted by molar-refractivity contribution is -0.384. The van der Waals surface area contributed by atoms with E-state index in [0.717, 1.165) is 0 Å². The van der Waals surface area contributed by atoms with Crippen molar-refractivity contribution < 1.29 is 99.9 Å². The summed E-state index contributed by atoms with van der Waals surface area (Å²) in [5.41, 5.74) is -0.539. The number of hydrogen-bond donors (Lipinski definition) is 14. The Hall–Kier alpha value is -0.800. The van der Waals surface area contributed by atoms with Crippen LogP contribution in [-0.4, -0.2) is 214 Å². The van der Waals surface area contributed by atoms with Crippen molar-refractivity contribution in [2.24, 2.45) is 5.41 Å². The molecule has 3 fully saturated rings. The third-order valence-corrected chi connectivity index (χ3v) is 8.48. The summed E-state index contributed by atoms with van der Waals surface area (Å²) in [7, 11) is 0. The molecule has 0 saturated carbocycles. The van der Waals surface area contributed by atoms with Gasteiger partial charge in [-0.25, -0.2) is 0 Å². The highest BCUT2D eigenvalue weighted by Crippen LogP contribution is 2.34. The van der Waals surface area contributed by atoms with Gasteiger partial charge in [0.2, 0.25) is 0 Å². The maximum absolute atomic E-state index is 11.2. The predicted octanol–water partition coefficient (Wildman–Crippen LogP) is -7.67. The molecule has 14 N–H and O–H groups in total. The van der Waals surface area contributed by atoms with E-state index in [-0.39, 0.29) is 6.42 Å². The number of ether oxygens (including phenoxy) is 6. The summed E-state index contributed by atoms with van der Waals surface area (Å²) in [5.74, 6) is 0. The molecule has 20 nitrogen and oxygen atoms in total. The smallest absolute Gasteiger partial charge is 0.187 e. The number of hydrogen-bond acceptors (Lipinski definition) is 20. The van der Waals surface area contributed by atoms with Gasteiger partial charge in [0.15, 0.2) is 18.9 Å². The quantitative estimate of drug-likeness (QED) is 0.0796. The first-order chi connectivity index (χ1) is 22.4. The van der Waals surface area contributed by atoms with Crippen molar-refractivity contribution in [3.05, 3.63) is 0 Å². The largest absolute Gasteiger partial charge is 0.394 e. The van der Waals surface area contributed by atoms with Crippen LogP contribution in [0.25, 0.3) is 0 Å². The Balaban J connectivity index is 1.86. The molecule has 0 unspecified atom stereocenters. The summed E-state index contributed by atoms with van der Waals surface area (Å²) >= 11 is 0. The van der Waals surface area contributed by atoms with Crippen LogP contribution in [0.15, 0.2) is 0 Å². The lowest BCUT2D eigenvalue weighted by atomic mass is 9.85. The highest BCUT2D eigenvalue weighted by molar-refractivity contribution is 4.97. The van der Waals surface area contributed by atoms with E-state index >= 15 is 0 Å². The van der Waals surface area contributed by atoms with Crippen LogP contribution in [0.3, 0.4) is 0 Å². The zero-order chi connectivity index (χ0) is 36.2. The molecule has 3 saturated heterocycles. The fourth-order valence-electron chi connectivity index (χ4n) is 5.77. The van der Waals surface area contributed by atoms with Crippen LogP contribution in [0, 0.1) is 5.41 Å². The monoisotopic (exact) mass is 708 g/mol. The van der Waals surface area contributed by atoms with Crippen LogP contribution in [0.4, 0.5) is 0 Å². The lowest BCUT2D eigenvalue weighted by Gasteiger charge is -2.48. The van der Waals surface area contributed by atoms with Gasteiger partial charge < -0.3 is 99.9 Å². The van der Waals surface area contributed by atoms with Crippen molar-refractivity contribution in [1.29, 1.82) is 0 Å². The van der Waals surface area contributed by atoms with Gasteiger partial charge in [-0.3, -0.25) is 0 Å². The minimum absolute atomic E-state index is 0.00944. The molecule has 48 heavy (non-hydrogen) atoms. The summed E-state index contributed by atoms with van der Waals surface area (Å²) in [6.07, 6.45) is -34.2. The molecule has 284 valence electrons. The van der Waals surface area contributed by atoms with E-state index in [1.807, 2.05) is 0 Å². The Kier molecular flexibility index (Phi) is 15.3. The maximum Gasteiger partial charge on any atom is 0.187 e. The van der Waals surface area contributed by atoms with Crippen molar-refractivity contribution in [2.75, 3.05) is 26.4 Å². The van der Waals surface area contributed by atoms with Crippen LogP contribution in [0.1, 0.15) is 27.2 Å².